The molecule has 0 radical (unpaired) electrons. The lowest BCUT2D eigenvalue weighted by molar-refractivity contribution is -0.116. The Bertz CT molecular complexity index is 1440. The molecule has 0 atom stereocenters. The molecule has 0 saturated carbocycles. The first-order valence-corrected chi connectivity index (χ1v) is 11.7. The zero-order chi connectivity index (χ0) is 25.7. The number of benzene rings is 2. The van der Waals surface area contributed by atoms with Gasteiger partial charge in [-0.25, -0.2) is 18.9 Å². The number of fused-ring (bicyclic) bond motifs is 1. The number of aryl methyl sites for hydroxylation is 1. The lowest BCUT2D eigenvalue weighted by Gasteiger charge is -2.11. The van der Waals surface area contributed by atoms with E-state index in [9.17, 15) is 18.8 Å². The van der Waals surface area contributed by atoms with E-state index >= 15 is 0 Å². The summed E-state index contributed by atoms with van der Waals surface area (Å²) in [7, 11) is 0. The molecule has 2 aromatic carbocycles. The molecular weight excluding hydrogens is 465 g/mol. The first-order chi connectivity index (χ1) is 17.4. The minimum Gasteiger partial charge on any atom is -0.462 e. The van der Waals surface area contributed by atoms with Crippen molar-refractivity contribution in [3.8, 4) is 5.69 Å². The summed E-state index contributed by atoms with van der Waals surface area (Å²) < 4.78 is 21.3. The number of halogens is 1. The summed E-state index contributed by atoms with van der Waals surface area (Å²) in [4.78, 5) is 42.0. The number of carbonyl (C=O) groups excluding carboxylic acids is 2. The third-order valence-corrected chi connectivity index (χ3v) is 5.65. The van der Waals surface area contributed by atoms with Crippen LogP contribution in [0, 0.1) is 12.7 Å². The Kier molecular flexibility index (Phi) is 7.53. The van der Waals surface area contributed by atoms with Gasteiger partial charge in [0.2, 0.25) is 5.91 Å². The number of nitrogens with zero attached hydrogens (tertiary/aromatic N) is 4. The molecule has 0 spiro atoms. The number of unbranched alkanes of at least 4 members (excludes halogenated alkanes) is 1. The van der Waals surface area contributed by atoms with E-state index in [2.05, 4.69) is 15.4 Å². The highest BCUT2D eigenvalue weighted by atomic mass is 19.1. The van der Waals surface area contributed by atoms with Crippen molar-refractivity contribution in [1.29, 1.82) is 0 Å². The number of carbonyl (C=O) groups is 2. The summed E-state index contributed by atoms with van der Waals surface area (Å²) in [5.41, 5.74) is 1.56. The van der Waals surface area contributed by atoms with Crippen molar-refractivity contribution in [2.45, 2.75) is 39.7 Å². The van der Waals surface area contributed by atoms with Gasteiger partial charge in [-0.15, -0.1) is 0 Å². The van der Waals surface area contributed by atoms with Crippen LogP contribution in [0.15, 0.2) is 59.5 Å². The maximum Gasteiger partial charge on any atom is 0.338 e. The maximum atomic E-state index is 13.3. The molecule has 186 valence electrons. The second-order valence-electron chi connectivity index (χ2n) is 8.25. The summed E-state index contributed by atoms with van der Waals surface area (Å²) in [6, 6.07) is 12.2. The van der Waals surface area contributed by atoms with Crippen LogP contribution in [0.3, 0.4) is 0 Å². The Morgan fingerprint density at radius 2 is 1.81 bits per heavy atom. The molecule has 0 aliphatic carbocycles. The van der Waals surface area contributed by atoms with Crippen LogP contribution < -0.4 is 10.9 Å². The first kappa shape index (κ1) is 24.8. The number of hydrogen-bond donors (Lipinski definition) is 1. The molecule has 1 amide bonds. The predicted octanol–water partition coefficient (Wildman–Crippen LogP) is 4.02. The minimum atomic E-state index is -0.401. The van der Waals surface area contributed by atoms with Crippen molar-refractivity contribution in [1.82, 2.24) is 19.3 Å². The van der Waals surface area contributed by atoms with Crippen molar-refractivity contribution in [3.63, 3.8) is 0 Å². The standard InChI is InChI=1S/C26H26FN5O4/c1-3-4-15-36-26(35)18-5-9-20(10-6-18)30-23(33)13-14-31-17(2)29-24-22(25(31)34)16-28-32(24)21-11-7-19(27)8-12-21/h5-12,16H,3-4,13-15H2,1-2H3,(H,30,33). The molecule has 0 saturated heterocycles. The van der Waals surface area contributed by atoms with E-state index in [4.69, 9.17) is 4.74 Å². The van der Waals surface area contributed by atoms with Gasteiger partial charge in [0.25, 0.3) is 5.56 Å². The monoisotopic (exact) mass is 491 g/mol. The number of esters is 1. The van der Waals surface area contributed by atoms with E-state index < -0.39 is 5.97 Å². The normalized spacial score (nSPS) is 11.0. The predicted molar refractivity (Wildman–Crippen MR) is 133 cm³/mol. The van der Waals surface area contributed by atoms with Gasteiger partial charge < -0.3 is 10.1 Å². The highest BCUT2D eigenvalue weighted by Gasteiger charge is 2.15. The van der Waals surface area contributed by atoms with Crippen LogP contribution in [0.1, 0.15) is 42.4 Å². The Hall–Kier alpha value is -4.34. The van der Waals surface area contributed by atoms with E-state index in [-0.39, 0.29) is 30.2 Å². The van der Waals surface area contributed by atoms with Gasteiger partial charge in [0, 0.05) is 18.7 Å². The molecule has 4 aromatic rings. The molecule has 1 N–H and O–H groups in total. The molecular formula is C26H26FN5O4. The number of hydrogen-bond acceptors (Lipinski definition) is 6. The first-order valence-electron chi connectivity index (χ1n) is 11.7. The quantitative estimate of drug-likeness (QED) is 0.280. The average Bonchev–Trinajstić information content (AvgIpc) is 3.29. The molecule has 10 heteroatoms. The lowest BCUT2D eigenvalue weighted by Crippen LogP contribution is -2.26. The average molecular weight is 492 g/mol. The lowest BCUT2D eigenvalue weighted by atomic mass is 10.2. The van der Waals surface area contributed by atoms with Crippen LogP contribution in [-0.2, 0) is 16.1 Å². The Balaban J connectivity index is 1.41. The van der Waals surface area contributed by atoms with Gasteiger partial charge in [0.05, 0.1) is 24.1 Å². The van der Waals surface area contributed by atoms with Gasteiger partial charge >= 0.3 is 5.97 Å². The van der Waals surface area contributed by atoms with Crippen molar-refractivity contribution in [2.75, 3.05) is 11.9 Å². The zero-order valence-corrected chi connectivity index (χ0v) is 20.0. The largest absolute Gasteiger partial charge is 0.462 e. The summed E-state index contributed by atoms with van der Waals surface area (Å²) in [6.07, 6.45) is 3.20. The number of anilines is 1. The fourth-order valence-corrected chi connectivity index (χ4v) is 3.66. The van der Waals surface area contributed by atoms with Crippen LogP contribution in [0.5, 0.6) is 0 Å². The van der Waals surface area contributed by atoms with Crippen LogP contribution in [0.4, 0.5) is 10.1 Å². The van der Waals surface area contributed by atoms with Gasteiger partial charge in [0.1, 0.15) is 17.0 Å². The van der Waals surface area contributed by atoms with E-state index in [1.807, 2.05) is 6.92 Å². The number of nitrogens with one attached hydrogen (secondary N) is 1. The van der Waals surface area contributed by atoms with Crippen LogP contribution >= 0.6 is 0 Å². The SMILES string of the molecule is CCCCOC(=O)c1ccc(NC(=O)CCn2c(C)nc3c(cnn3-c3ccc(F)cc3)c2=O)cc1. The molecule has 36 heavy (non-hydrogen) atoms. The van der Waals surface area contributed by atoms with Gasteiger partial charge in [-0.1, -0.05) is 13.3 Å². The smallest absolute Gasteiger partial charge is 0.338 e. The summed E-state index contributed by atoms with van der Waals surface area (Å²) in [5.74, 6) is -0.639. The van der Waals surface area contributed by atoms with Gasteiger partial charge in [0.15, 0.2) is 5.65 Å². The van der Waals surface area contributed by atoms with Gasteiger partial charge in [-0.2, -0.15) is 5.10 Å². The maximum absolute atomic E-state index is 13.3. The van der Waals surface area contributed by atoms with Gasteiger partial charge in [-0.05, 0) is 61.9 Å². The molecule has 4 rings (SSSR count). The van der Waals surface area contributed by atoms with Crippen LogP contribution in [-0.4, -0.2) is 37.8 Å². The highest BCUT2D eigenvalue weighted by Crippen LogP contribution is 2.16. The fourth-order valence-electron chi connectivity index (χ4n) is 3.66. The summed E-state index contributed by atoms with van der Waals surface area (Å²) >= 11 is 0. The van der Waals surface area contributed by atoms with Crippen molar-refractivity contribution in [2.24, 2.45) is 0 Å². The molecule has 9 nitrogen and oxygen atoms in total. The Morgan fingerprint density at radius 1 is 1.08 bits per heavy atom. The molecule has 0 aliphatic heterocycles. The number of rotatable bonds is 9. The van der Waals surface area contributed by atoms with E-state index in [0.717, 1.165) is 12.8 Å². The molecule has 0 aliphatic rings. The Labute approximate surface area is 206 Å². The van der Waals surface area contributed by atoms with Crippen molar-refractivity contribution < 1.29 is 18.7 Å². The molecule has 2 heterocycles. The number of ether oxygens (including phenoxy) is 1. The molecule has 0 fully saturated rings. The molecule has 0 unspecified atom stereocenters. The third-order valence-electron chi connectivity index (χ3n) is 5.65. The second-order valence-corrected chi connectivity index (χ2v) is 8.25. The molecule has 2 aromatic heterocycles. The highest BCUT2D eigenvalue weighted by molar-refractivity contribution is 5.93. The zero-order valence-electron chi connectivity index (χ0n) is 20.0. The molecule has 0 bridgehead atoms. The number of aromatic nitrogens is 4. The Morgan fingerprint density at radius 3 is 2.50 bits per heavy atom. The van der Waals surface area contributed by atoms with E-state index in [0.29, 0.717) is 40.4 Å². The van der Waals surface area contributed by atoms with Crippen LogP contribution in [0.25, 0.3) is 16.7 Å². The third kappa shape index (κ3) is 5.48. The number of amides is 1. The minimum absolute atomic E-state index is 0.0425. The summed E-state index contributed by atoms with van der Waals surface area (Å²) in [5, 5.41) is 7.30. The topological polar surface area (TPSA) is 108 Å². The van der Waals surface area contributed by atoms with Crippen molar-refractivity contribution in [3.05, 3.63) is 82.3 Å². The van der Waals surface area contributed by atoms with E-state index in [1.54, 1.807) is 43.3 Å². The fraction of sp³-hybridized carbons (Fsp3) is 0.269. The summed E-state index contributed by atoms with van der Waals surface area (Å²) in [6.45, 7) is 4.20. The second kappa shape index (κ2) is 10.9. The van der Waals surface area contributed by atoms with Gasteiger partial charge in [-0.3, -0.25) is 14.2 Å². The van der Waals surface area contributed by atoms with E-state index in [1.165, 1.54) is 27.6 Å². The van der Waals surface area contributed by atoms with Crippen LogP contribution in [0.2, 0.25) is 0 Å². The van der Waals surface area contributed by atoms with Crippen molar-refractivity contribution >= 4 is 28.6 Å².